The number of hydroxylamine groups is 2. The highest BCUT2D eigenvalue weighted by molar-refractivity contribution is 5.95. The molecule has 4 nitrogen and oxygen atoms in total. The highest BCUT2D eigenvalue weighted by atomic mass is 16.7. The van der Waals surface area contributed by atoms with E-state index in [-0.39, 0.29) is 5.91 Å². The van der Waals surface area contributed by atoms with Gasteiger partial charge in [0.15, 0.2) is 0 Å². The Balaban J connectivity index is 3.08. The summed E-state index contributed by atoms with van der Waals surface area (Å²) in [5.74, 6) is -0.329. The minimum absolute atomic E-state index is 0.329. The molecule has 0 N–H and O–H groups in total. The van der Waals surface area contributed by atoms with Gasteiger partial charge in [0, 0.05) is 7.05 Å². The van der Waals surface area contributed by atoms with Crippen molar-refractivity contribution >= 4 is 5.91 Å². The third kappa shape index (κ3) is 1.90. The number of benzene rings is 1. The van der Waals surface area contributed by atoms with Gasteiger partial charge in [0.25, 0.3) is 5.91 Å². The SMILES string of the molecule is CON(C)C(=O)c1ccccc1C#N. The van der Waals surface area contributed by atoms with Gasteiger partial charge in [-0.25, -0.2) is 5.06 Å². The van der Waals surface area contributed by atoms with Crippen LogP contribution in [0.3, 0.4) is 0 Å². The third-order valence-electron chi connectivity index (χ3n) is 1.84. The molecule has 0 saturated carbocycles. The maximum atomic E-state index is 11.6. The Labute approximate surface area is 82.3 Å². The van der Waals surface area contributed by atoms with Crippen LogP contribution in [-0.2, 0) is 4.84 Å². The molecule has 0 unspecified atom stereocenters. The Kier molecular flexibility index (Phi) is 3.21. The monoisotopic (exact) mass is 190 g/mol. The lowest BCUT2D eigenvalue weighted by Crippen LogP contribution is -2.26. The van der Waals surface area contributed by atoms with Crippen LogP contribution in [0.15, 0.2) is 24.3 Å². The van der Waals surface area contributed by atoms with Crippen LogP contribution in [0.25, 0.3) is 0 Å². The number of amides is 1. The van der Waals surface area contributed by atoms with Gasteiger partial charge in [0.05, 0.1) is 24.3 Å². The zero-order valence-electron chi connectivity index (χ0n) is 8.02. The van der Waals surface area contributed by atoms with Gasteiger partial charge in [-0.3, -0.25) is 9.63 Å². The Bertz CT molecular complexity index is 382. The number of hydrogen-bond donors (Lipinski definition) is 0. The molecule has 1 aromatic carbocycles. The minimum Gasteiger partial charge on any atom is -0.274 e. The summed E-state index contributed by atoms with van der Waals surface area (Å²) in [6.45, 7) is 0. The summed E-state index contributed by atoms with van der Waals surface area (Å²) in [4.78, 5) is 16.3. The van der Waals surface area contributed by atoms with E-state index in [0.29, 0.717) is 11.1 Å². The second-order valence-electron chi connectivity index (χ2n) is 2.64. The first-order valence-electron chi connectivity index (χ1n) is 4.02. The molecule has 1 aromatic rings. The van der Waals surface area contributed by atoms with E-state index in [0.717, 1.165) is 5.06 Å². The first-order chi connectivity index (χ1) is 6.70. The molecule has 0 fully saturated rings. The molecule has 0 saturated heterocycles. The van der Waals surface area contributed by atoms with Crippen molar-refractivity contribution in [2.45, 2.75) is 0 Å². The molecule has 0 aromatic heterocycles. The minimum atomic E-state index is -0.329. The Morgan fingerprint density at radius 2 is 2.14 bits per heavy atom. The van der Waals surface area contributed by atoms with Crippen molar-refractivity contribution < 1.29 is 9.63 Å². The lowest BCUT2D eigenvalue weighted by molar-refractivity contribution is -0.0757. The molecule has 1 amide bonds. The lowest BCUT2D eigenvalue weighted by Gasteiger charge is -2.13. The van der Waals surface area contributed by atoms with Crippen molar-refractivity contribution in [3.8, 4) is 6.07 Å². The highest BCUT2D eigenvalue weighted by Gasteiger charge is 2.14. The fourth-order valence-corrected chi connectivity index (χ4v) is 1.02. The average Bonchev–Trinajstić information content (AvgIpc) is 2.26. The van der Waals surface area contributed by atoms with E-state index < -0.39 is 0 Å². The highest BCUT2D eigenvalue weighted by Crippen LogP contribution is 2.09. The molecule has 0 spiro atoms. The number of hydrogen-bond acceptors (Lipinski definition) is 3. The van der Waals surface area contributed by atoms with Gasteiger partial charge >= 0.3 is 0 Å². The quantitative estimate of drug-likeness (QED) is 0.658. The van der Waals surface area contributed by atoms with Crippen LogP contribution in [0.1, 0.15) is 15.9 Å². The van der Waals surface area contributed by atoms with Crippen molar-refractivity contribution in [1.29, 1.82) is 5.26 Å². The number of carbonyl (C=O) groups is 1. The van der Waals surface area contributed by atoms with Crippen LogP contribution in [-0.4, -0.2) is 25.1 Å². The van der Waals surface area contributed by atoms with E-state index in [1.165, 1.54) is 14.2 Å². The number of rotatable bonds is 2. The average molecular weight is 190 g/mol. The van der Waals surface area contributed by atoms with Crippen LogP contribution in [0.5, 0.6) is 0 Å². The Morgan fingerprint density at radius 3 is 2.71 bits per heavy atom. The van der Waals surface area contributed by atoms with E-state index in [2.05, 4.69) is 0 Å². The largest absolute Gasteiger partial charge is 0.278 e. The van der Waals surface area contributed by atoms with Gasteiger partial charge in [-0.2, -0.15) is 5.26 Å². The maximum absolute atomic E-state index is 11.6. The summed E-state index contributed by atoms with van der Waals surface area (Å²) in [6.07, 6.45) is 0. The predicted molar refractivity (Wildman–Crippen MR) is 50.3 cm³/mol. The second kappa shape index (κ2) is 4.40. The second-order valence-corrected chi connectivity index (χ2v) is 2.64. The predicted octanol–water partition coefficient (Wildman–Crippen LogP) is 1.19. The fourth-order valence-electron chi connectivity index (χ4n) is 1.02. The van der Waals surface area contributed by atoms with Crippen LogP contribution in [0, 0.1) is 11.3 Å². The van der Waals surface area contributed by atoms with Crippen molar-refractivity contribution in [2.75, 3.05) is 14.2 Å². The van der Waals surface area contributed by atoms with Crippen LogP contribution < -0.4 is 0 Å². The van der Waals surface area contributed by atoms with Crippen molar-refractivity contribution in [1.82, 2.24) is 5.06 Å². The fraction of sp³-hybridized carbons (Fsp3) is 0.200. The Hall–Kier alpha value is -1.86. The Morgan fingerprint density at radius 1 is 1.50 bits per heavy atom. The zero-order valence-corrected chi connectivity index (χ0v) is 8.02. The van der Waals surface area contributed by atoms with Crippen LogP contribution in [0.2, 0.25) is 0 Å². The van der Waals surface area contributed by atoms with E-state index in [4.69, 9.17) is 10.1 Å². The first kappa shape index (κ1) is 10.2. The smallest absolute Gasteiger partial charge is 0.274 e. The molecule has 0 radical (unpaired) electrons. The molecule has 4 heteroatoms. The van der Waals surface area contributed by atoms with Crippen molar-refractivity contribution in [3.63, 3.8) is 0 Å². The molecule has 72 valence electrons. The molecule has 0 heterocycles. The molecule has 0 bridgehead atoms. The molecule has 0 aliphatic carbocycles. The van der Waals surface area contributed by atoms with Gasteiger partial charge in [-0.15, -0.1) is 0 Å². The summed E-state index contributed by atoms with van der Waals surface area (Å²) in [7, 11) is 2.89. The van der Waals surface area contributed by atoms with Gasteiger partial charge < -0.3 is 0 Å². The maximum Gasteiger partial charge on any atom is 0.278 e. The van der Waals surface area contributed by atoms with Gasteiger partial charge in [0.1, 0.15) is 0 Å². The van der Waals surface area contributed by atoms with Crippen molar-refractivity contribution in [3.05, 3.63) is 35.4 Å². The number of nitrogens with zero attached hydrogens (tertiary/aromatic N) is 2. The summed E-state index contributed by atoms with van der Waals surface area (Å²) >= 11 is 0. The molecule has 0 atom stereocenters. The standard InChI is InChI=1S/C10H10N2O2/c1-12(14-2)10(13)9-6-4-3-5-8(9)7-11/h3-6H,1-2H3. The van der Waals surface area contributed by atoms with E-state index in [1.54, 1.807) is 24.3 Å². The van der Waals surface area contributed by atoms with E-state index in [1.807, 2.05) is 6.07 Å². The molecule has 14 heavy (non-hydrogen) atoms. The summed E-state index contributed by atoms with van der Waals surface area (Å²) in [6, 6.07) is 8.56. The molecular formula is C10H10N2O2. The third-order valence-corrected chi connectivity index (χ3v) is 1.84. The zero-order chi connectivity index (χ0) is 10.6. The molecular weight excluding hydrogens is 180 g/mol. The lowest BCUT2D eigenvalue weighted by atomic mass is 10.1. The molecule has 0 aliphatic rings. The number of nitriles is 1. The summed E-state index contributed by atoms with van der Waals surface area (Å²) in [5.41, 5.74) is 0.695. The van der Waals surface area contributed by atoms with E-state index in [9.17, 15) is 4.79 Å². The normalized spacial score (nSPS) is 9.21. The van der Waals surface area contributed by atoms with Gasteiger partial charge in [-0.1, -0.05) is 12.1 Å². The van der Waals surface area contributed by atoms with E-state index >= 15 is 0 Å². The summed E-state index contributed by atoms with van der Waals surface area (Å²) < 4.78 is 0. The van der Waals surface area contributed by atoms with Gasteiger partial charge in [-0.05, 0) is 12.1 Å². The van der Waals surface area contributed by atoms with Crippen LogP contribution >= 0.6 is 0 Å². The first-order valence-corrected chi connectivity index (χ1v) is 4.02. The van der Waals surface area contributed by atoms with Crippen LogP contribution in [0.4, 0.5) is 0 Å². The summed E-state index contributed by atoms with van der Waals surface area (Å²) in [5, 5.41) is 9.84. The number of carbonyl (C=O) groups excluding carboxylic acids is 1. The molecule has 0 aliphatic heterocycles. The topological polar surface area (TPSA) is 53.3 Å². The van der Waals surface area contributed by atoms with Crippen molar-refractivity contribution in [2.24, 2.45) is 0 Å². The van der Waals surface area contributed by atoms with Gasteiger partial charge in [0.2, 0.25) is 0 Å². The molecule has 1 rings (SSSR count).